The van der Waals surface area contributed by atoms with Gasteiger partial charge in [-0.25, -0.2) is 4.98 Å². The van der Waals surface area contributed by atoms with Gasteiger partial charge in [-0.2, -0.15) is 0 Å². The summed E-state index contributed by atoms with van der Waals surface area (Å²) in [6, 6.07) is 5.24. The Morgan fingerprint density at radius 3 is 2.75 bits per heavy atom. The van der Waals surface area contributed by atoms with Crippen molar-refractivity contribution in [3.63, 3.8) is 0 Å². The van der Waals surface area contributed by atoms with Crippen molar-refractivity contribution in [1.29, 1.82) is 0 Å². The second-order valence-corrected chi connectivity index (χ2v) is 7.54. The van der Waals surface area contributed by atoms with E-state index in [-0.39, 0.29) is 18.1 Å². The molecular weight excluding hydrogens is 362 g/mol. The second kappa shape index (κ2) is 6.86. The number of carbonyl (C=O) groups is 1. The molecule has 5 rings (SSSR count). The van der Waals surface area contributed by atoms with E-state index in [0.29, 0.717) is 62.3 Å². The lowest BCUT2D eigenvalue weighted by atomic mass is 10.0. The fraction of sp³-hybridized carbons (Fsp3) is 0.550. The number of piperidine rings is 1. The SMILES string of the molecule is O=C(COc1ccc2nc3n(c(=O)c2c1)CCC3)N1CCC2(CC1)OCCO2. The van der Waals surface area contributed by atoms with Gasteiger partial charge in [0.25, 0.3) is 11.5 Å². The number of likely N-dealkylation sites (tertiary alicyclic amines) is 1. The third-order valence-electron chi connectivity index (χ3n) is 5.84. The number of amides is 1. The molecule has 3 aliphatic heterocycles. The Morgan fingerprint density at radius 1 is 1.18 bits per heavy atom. The summed E-state index contributed by atoms with van der Waals surface area (Å²) in [5, 5.41) is 0.533. The molecule has 2 fully saturated rings. The van der Waals surface area contributed by atoms with Crippen LogP contribution >= 0.6 is 0 Å². The van der Waals surface area contributed by atoms with Gasteiger partial charge in [0, 0.05) is 38.9 Å². The molecule has 1 aromatic carbocycles. The minimum Gasteiger partial charge on any atom is -0.484 e. The minimum absolute atomic E-state index is 0.0350. The summed E-state index contributed by atoms with van der Waals surface area (Å²) >= 11 is 0. The number of nitrogens with zero attached hydrogens (tertiary/aromatic N) is 3. The summed E-state index contributed by atoms with van der Waals surface area (Å²) in [5.74, 6) is 0.788. The van der Waals surface area contributed by atoms with Crippen molar-refractivity contribution in [2.24, 2.45) is 0 Å². The Labute approximate surface area is 162 Å². The molecule has 8 nitrogen and oxygen atoms in total. The number of ether oxygens (including phenoxy) is 3. The maximum Gasteiger partial charge on any atom is 0.261 e. The highest BCUT2D eigenvalue weighted by Gasteiger charge is 2.40. The molecule has 8 heteroatoms. The largest absolute Gasteiger partial charge is 0.484 e. The molecule has 3 aliphatic rings. The maximum absolute atomic E-state index is 12.6. The van der Waals surface area contributed by atoms with E-state index in [1.807, 2.05) is 0 Å². The van der Waals surface area contributed by atoms with Gasteiger partial charge in [-0.05, 0) is 24.6 Å². The molecule has 2 saturated heterocycles. The first-order valence-corrected chi connectivity index (χ1v) is 9.86. The van der Waals surface area contributed by atoms with E-state index in [1.54, 1.807) is 27.7 Å². The smallest absolute Gasteiger partial charge is 0.261 e. The van der Waals surface area contributed by atoms with Crippen LogP contribution in [-0.4, -0.2) is 59.1 Å². The lowest BCUT2D eigenvalue weighted by molar-refractivity contribution is -0.187. The van der Waals surface area contributed by atoms with Crippen molar-refractivity contribution in [1.82, 2.24) is 14.5 Å². The molecular formula is C20H23N3O5. The summed E-state index contributed by atoms with van der Waals surface area (Å²) in [6.45, 7) is 3.09. The molecule has 0 radical (unpaired) electrons. The molecule has 28 heavy (non-hydrogen) atoms. The molecule has 0 aliphatic carbocycles. The van der Waals surface area contributed by atoms with Crippen LogP contribution in [0.25, 0.3) is 10.9 Å². The topological polar surface area (TPSA) is 82.9 Å². The fourth-order valence-corrected chi connectivity index (χ4v) is 4.27. The number of benzene rings is 1. The molecule has 0 N–H and O–H groups in total. The molecule has 0 saturated carbocycles. The van der Waals surface area contributed by atoms with Gasteiger partial charge in [0.2, 0.25) is 0 Å². The average Bonchev–Trinajstić information content (AvgIpc) is 3.37. The highest BCUT2D eigenvalue weighted by atomic mass is 16.7. The van der Waals surface area contributed by atoms with Crippen molar-refractivity contribution in [2.45, 2.75) is 38.0 Å². The van der Waals surface area contributed by atoms with Crippen LogP contribution in [0.1, 0.15) is 25.1 Å². The van der Waals surface area contributed by atoms with E-state index in [2.05, 4.69) is 4.98 Å². The van der Waals surface area contributed by atoms with Crippen LogP contribution < -0.4 is 10.3 Å². The first kappa shape index (κ1) is 17.6. The van der Waals surface area contributed by atoms with Gasteiger partial charge in [-0.1, -0.05) is 0 Å². The monoisotopic (exact) mass is 385 g/mol. The molecule has 2 aromatic rings. The van der Waals surface area contributed by atoms with Crippen molar-refractivity contribution in [2.75, 3.05) is 32.9 Å². The van der Waals surface area contributed by atoms with E-state index >= 15 is 0 Å². The van der Waals surface area contributed by atoms with E-state index < -0.39 is 5.79 Å². The van der Waals surface area contributed by atoms with Crippen LogP contribution in [0.3, 0.4) is 0 Å². The molecule has 0 bridgehead atoms. The van der Waals surface area contributed by atoms with Crippen molar-refractivity contribution >= 4 is 16.8 Å². The zero-order valence-corrected chi connectivity index (χ0v) is 15.7. The van der Waals surface area contributed by atoms with Crippen LogP contribution in [0.5, 0.6) is 5.75 Å². The molecule has 4 heterocycles. The van der Waals surface area contributed by atoms with E-state index in [1.165, 1.54) is 0 Å². The average molecular weight is 385 g/mol. The summed E-state index contributed by atoms with van der Waals surface area (Å²) in [6.07, 6.45) is 3.15. The maximum atomic E-state index is 12.6. The lowest BCUT2D eigenvalue weighted by Gasteiger charge is -2.37. The fourth-order valence-electron chi connectivity index (χ4n) is 4.27. The lowest BCUT2D eigenvalue weighted by Crippen LogP contribution is -2.48. The Balaban J connectivity index is 1.25. The standard InChI is InChI=1S/C20H23N3O5/c24-18(22-8-5-20(6-9-22)27-10-11-28-20)13-26-14-3-4-16-15(12-14)19(25)23-7-1-2-17(23)21-16/h3-4,12H,1-2,5-11,13H2. The zero-order chi connectivity index (χ0) is 19.1. The quantitative estimate of drug-likeness (QED) is 0.787. The third-order valence-corrected chi connectivity index (χ3v) is 5.84. The number of rotatable bonds is 3. The van der Waals surface area contributed by atoms with Crippen LogP contribution in [0.4, 0.5) is 0 Å². The van der Waals surface area contributed by atoms with Crippen LogP contribution in [0.2, 0.25) is 0 Å². The predicted molar refractivity (Wildman–Crippen MR) is 100 cm³/mol. The van der Waals surface area contributed by atoms with Gasteiger partial charge < -0.3 is 19.1 Å². The van der Waals surface area contributed by atoms with E-state index in [0.717, 1.165) is 18.7 Å². The Kier molecular flexibility index (Phi) is 4.32. The van der Waals surface area contributed by atoms with Gasteiger partial charge in [-0.3, -0.25) is 14.2 Å². The summed E-state index contributed by atoms with van der Waals surface area (Å²) in [7, 11) is 0. The van der Waals surface area contributed by atoms with E-state index in [9.17, 15) is 9.59 Å². The number of aryl methyl sites for hydroxylation is 1. The zero-order valence-electron chi connectivity index (χ0n) is 15.7. The molecule has 1 aromatic heterocycles. The minimum atomic E-state index is -0.495. The summed E-state index contributed by atoms with van der Waals surface area (Å²) < 4.78 is 18.8. The van der Waals surface area contributed by atoms with Gasteiger partial charge in [-0.15, -0.1) is 0 Å². The number of aromatic nitrogens is 2. The second-order valence-electron chi connectivity index (χ2n) is 7.54. The molecule has 148 valence electrons. The summed E-state index contributed by atoms with van der Waals surface area (Å²) in [5.41, 5.74) is 0.641. The van der Waals surface area contributed by atoms with Crippen molar-refractivity contribution in [3.8, 4) is 5.75 Å². The van der Waals surface area contributed by atoms with Crippen LogP contribution in [-0.2, 0) is 27.2 Å². The van der Waals surface area contributed by atoms with Crippen molar-refractivity contribution < 1.29 is 19.0 Å². The van der Waals surface area contributed by atoms with Gasteiger partial charge in [0.1, 0.15) is 11.6 Å². The van der Waals surface area contributed by atoms with Gasteiger partial charge in [0.05, 0.1) is 24.1 Å². The number of hydrogen-bond acceptors (Lipinski definition) is 6. The third kappa shape index (κ3) is 3.06. The highest BCUT2D eigenvalue weighted by molar-refractivity contribution is 5.80. The first-order chi connectivity index (χ1) is 13.6. The summed E-state index contributed by atoms with van der Waals surface area (Å²) in [4.78, 5) is 31.5. The Morgan fingerprint density at radius 2 is 1.96 bits per heavy atom. The van der Waals surface area contributed by atoms with Crippen molar-refractivity contribution in [3.05, 3.63) is 34.4 Å². The Hall–Kier alpha value is -2.45. The van der Waals surface area contributed by atoms with Gasteiger partial charge >= 0.3 is 0 Å². The first-order valence-electron chi connectivity index (χ1n) is 9.86. The number of carbonyl (C=O) groups excluding carboxylic acids is 1. The number of hydrogen-bond donors (Lipinski definition) is 0. The highest BCUT2D eigenvalue weighted by Crippen LogP contribution is 2.31. The van der Waals surface area contributed by atoms with Gasteiger partial charge in [0.15, 0.2) is 12.4 Å². The molecule has 0 atom stereocenters. The normalized spacial score (nSPS) is 20.6. The van der Waals surface area contributed by atoms with E-state index in [4.69, 9.17) is 14.2 Å². The molecule has 1 spiro atoms. The number of fused-ring (bicyclic) bond motifs is 2. The van der Waals surface area contributed by atoms with Crippen LogP contribution in [0.15, 0.2) is 23.0 Å². The van der Waals surface area contributed by atoms with Crippen LogP contribution in [0, 0.1) is 0 Å². The molecule has 0 unspecified atom stereocenters. The Bertz CT molecular complexity index is 970. The predicted octanol–water partition coefficient (Wildman–Crippen LogP) is 1.09. The molecule has 1 amide bonds.